The predicted molar refractivity (Wildman–Crippen MR) is 430 cm³/mol. The molecule has 0 radical (unpaired) electrons. The highest BCUT2D eigenvalue weighted by Gasteiger charge is 2.29. The van der Waals surface area contributed by atoms with Crippen molar-refractivity contribution in [2.24, 2.45) is 5.73 Å². The number of imidazole rings is 1. The number of unbranched alkanes of at least 4 members (excludes halogenated alkanes) is 2. The van der Waals surface area contributed by atoms with Crippen molar-refractivity contribution < 1.29 is 38.4 Å². The van der Waals surface area contributed by atoms with Crippen LogP contribution in [-0.2, 0) is 83.5 Å². The lowest BCUT2D eigenvalue weighted by Gasteiger charge is -2.26. The first-order valence-corrected chi connectivity index (χ1v) is 37.3. The summed E-state index contributed by atoms with van der Waals surface area (Å²) in [5, 5.41) is 21.9. The van der Waals surface area contributed by atoms with Crippen LogP contribution in [0.3, 0.4) is 0 Å². The van der Waals surface area contributed by atoms with Gasteiger partial charge in [-0.15, -0.1) is 0 Å². The minimum Gasteiger partial charge on any atom is -0.382 e. The molecule has 0 saturated carbocycles. The molecule has 562 valence electrons. The van der Waals surface area contributed by atoms with Gasteiger partial charge in [-0.05, 0) is 108 Å². The molecule has 14 rings (SSSR count). The number of nitrogens with one attached hydrogen (secondary N) is 10. The molecular formula is C86H90N16O8. The van der Waals surface area contributed by atoms with Crippen LogP contribution in [-0.4, -0.2) is 120 Å². The fraction of sp³-hybridized carbons (Fsp3) is 0.256. The van der Waals surface area contributed by atoms with Crippen molar-refractivity contribution >= 4 is 125 Å². The third kappa shape index (κ3) is 19.1. The van der Waals surface area contributed by atoms with Gasteiger partial charge in [-0.25, -0.2) is 9.97 Å². The quantitative estimate of drug-likeness (QED) is 0.0107. The number of pyridine rings is 1. The predicted octanol–water partition coefficient (Wildman–Crippen LogP) is 10.2. The fourth-order valence-electron chi connectivity index (χ4n) is 14.0. The number of primary amides is 1. The second-order valence-electron chi connectivity index (χ2n) is 27.1. The van der Waals surface area contributed by atoms with Gasteiger partial charge in [0, 0.05) is 156 Å². The topological polar surface area (TPSA) is 358 Å². The number of carbonyl (C=O) groups is 8. The molecule has 1 aliphatic heterocycles. The van der Waals surface area contributed by atoms with E-state index in [9.17, 15) is 38.4 Å². The molecule has 14 N–H and O–H groups in total. The van der Waals surface area contributed by atoms with Crippen LogP contribution >= 0.6 is 0 Å². The number of hydrogen-bond acceptors (Lipinski definition) is 11. The van der Waals surface area contributed by atoms with Crippen LogP contribution in [0.15, 0.2) is 195 Å². The lowest BCUT2D eigenvalue weighted by atomic mass is 10.0. The molecule has 6 aromatic heterocycles. The smallest absolute Gasteiger partial charge is 0.243 e. The number of H-pyrrole nitrogens is 4. The minimum absolute atomic E-state index is 0.0161. The summed E-state index contributed by atoms with van der Waals surface area (Å²) in [6.07, 6.45) is 15.9. The molecule has 110 heavy (non-hydrogen) atoms. The van der Waals surface area contributed by atoms with Crippen molar-refractivity contribution in [2.45, 2.75) is 122 Å². The number of rotatable bonds is 32. The molecule has 24 nitrogen and oxygen atoms in total. The Kier molecular flexibility index (Phi) is 25.9. The van der Waals surface area contributed by atoms with E-state index in [0.717, 1.165) is 155 Å². The number of carbonyl (C=O) groups excluding carboxylic acids is 8. The van der Waals surface area contributed by atoms with Gasteiger partial charge >= 0.3 is 0 Å². The first-order valence-electron chi connectivity index (χ1n) is 37.3. The molecule has 8 amide bonds. The van der Waals surface area contributed by atoms with Crippen LogP contribution in [0.1, 0.15) is 103 Å². The molecule has 3 unspecified atom stereocenters. The number of aryl methyl sites for hydroxylation is 2. The van der Waals surface area contributed by atoms with Crippen LogP contribution in [0.25, 0.3) is 65.5 Å². The SMILES string of the molecule is CCCCc1nc2c(N)nc3ccccc3c2n1CCCCNC(=O)CCCNC=O.NC(=O)C(Cc1c[nH]c2ccccc12)NC(=O)C(Cc1c[nH]c2ccccc12)NC=O.O=C(CCC(=O)N1Cc2ccccc2C#Cc2ccccc21)NC(Cc1c[nH]c2ccccc12)C(=O)NCCc1c[nH]c2ccccc12. The maximum atomic E-state index is 13.7. The number of nitrogen functional groups attached to an aromatic ring is 1. The largest absolute Gasteiger partial charge is 0.382 e. The molecule has 0 saturated heterocycles. The van der Waals surface area contributed by atoms with E-state index in [1.165, 1.54) is 0 Å². The van der Waals surface area contributed by atoms with Gasteiger partial charge in [0.15, 0.2) is 5.82 Å². The second kappa shape index (κ2) is 37.3. The van der Waals surface area contributed by atoms with Crippen LogP contribution in [0, 0.1) is 11.8 Å². The standard InChI is InChI=1S/C40H35N5O3.C23H32N6O2.C23H23N5O3/c46-38(19-20-39(47)45-26-30-11-2-1-9-27(30)17-18-28-10-3-8-16-37(28)45)44-36(23-31-25-43-35-15-7-5-13-33(31)35)40(48)41-22-21-29-24-42-34-14-6-4-12-32(29)34;1-2-3-11-19-28-21-22(17-9-4-5-10-18(17)27-23(21)24)29(19)15-7-6-14-26-20(31)12-8-13-25-16-30;24-22(30)20(9-14-11-25-18-7-3-1-5-16(14)18)28-23(31)21(27-13-29)10-15-12-26-19-8-4-2-6-17(15)19/h1-16,24-25,36,42-43H,19-23,26H2,(H,41,48)(H,44,46);4-5,9-10,16H,2-3,6-8,11-15H2,1H3,(H2,24,27)(H,25,30)(H,26,31);1-8,11-13,20-21,25-26H,9-10H2,(H2,24,30)(H,27,29)(H,28,31). The lowest BCUT2D eigenvalue weighted by molar-refractivity contribution is -0.129. The van der Waals surface area contributed by atoms with E-state index in [-0.39, 0.29) is 49.3 Å². The van der Waals surface area contributed by atoms with Gasteiger partial charge < -0.3 is 72.8 Å². The van der Waals surface area contributed by atoms with E-state index >= 15 is 0 Å². The Labute approximate surface area is 635 Å². The molecule has 0 bridgehead atoms. The van der Waals surface area contributed by atoms with E-state index < -0.39 is 29.9 Å². The van der Waals surface area contributed by atoms with E-state index in [4.69, 9.17) is 16.5 Å². The summed E-state index contributed by atoms with van der Waals surface area (Å²) in [5.41, 5.74) is 25.5. The van der Waals surface area contributed by atoms with Crippen LogP contribution in [0.4, 0.5) is 11.5 Å². The highest BCUT2D eigenvalue weighted by atomic mass is 16.2. The van der Waals surface area contributed by atoms with Crippen LogP contribution in [0.5, 0.6) is 0 Å². The molecule has 3 atom stereocenters. The van der Waals surface area contributed by atoms with E-state index in [1.54, 1.807) is 11.1 Å². The first kappa shape index (κ1) is 76.4. The first-order chi connectivity index (χ1) is 53.7. The van der Waals surface area contributed by atoms with Crippen molar-refractivity contribution in [1.29, 1.82) is 0 Å². The number of nitrogens with zero attached hydrogens (tertiary/aromatic N) is 4. The van der Waals surface area contributed by atoms with Gasteiger partial charge in [0.05, 0.1) is 23.3 Å². The summed E-state index contributed by atoms with van der Waals surface area (Å²) in [4.78, 5) is 123. The monoisotopic (exact) mass is 1470 g/mol. The van der Waals surface area contributed by atoms with Gasteiger partial charge in [0.25, 0.3) is 0 Å². The number of amides is 8. The van der Waals surface area contributed by atoms with Crippen LogP contribution in [0.2, 0.25) is 0 Å². The van der Waals surface area contributed by atoms with E-state index in [1.807, 2.05) is 176 Å². The third-order valence-corrected chi connectivity index (χ3v) is 19.7. The zero-order chi connectivity index (χ0) is 76.7. The summed E-state index contributed by atoms with van der Waals surface area (Å²) >= 11 is 0. The number of fused-ring (bicyclic) bond motifs is 9. The zero-order valence-corrected chi connectivity index (χ0v) is 61.3. The van der Waals surface area contributed by atoms with E-state index in [2.05, 4.69) is 92.3 Å². The number of hydrogen-bond donors (Lipinski definition) is 12. The van der Waals surface area contributed by atoms with Gasteiger partial charge in [0.2, 0.25) is 48.3 Å². The number of benzene rings is 7. The minimum atomic E-state index is -0.911. The van der Waals surface area contributed by atoms with Gasteiger partial charge in [-0.2, -0.15) is 0 Å². The average molecular weight is 1480 g/mol. The molecule has 13 aromatic rings. The highest BCUT2D eigenvalue weighted by Crippen LogP contribution is 2.31. The number of aromatic amines is 4. The van der Waals surface area contributed by atoms with Crippen molar-refractivity contribution in [2.75, 3.05) is 30.3 Å². The van der Waals surface area contributed by atoms with Crippen molar-refractivity contribution in [3.8, 4) is 11.8 Å². The fourth-order valence-corrected chi connectivity index (χ4v) is 14.0. The summed E-state index contributed by atoms with van der Waals surface area (Å²) in [7, 11) is 0. The van der Waals surface area contributed by atoms with Gasteiger partial charge in [0.1, 0.15) is 29.5 Å². The molecule has 24 heteroatoms. The Hall–Kier alpha value is -13.3. The molecule has 0 fully saturated rings. The summed E-state index contributed by atoms with van der Waals surface area (Å²) in [5.74, 6) is 6.05. The van der Waals surface area contributed by atoms with Crippen molar-refractivity contribution in [3.05, 3.63) is 239 Å². The maximum absolute atomic E-state index is 13.7. The Morgan fingerprint density at radius 3 is 1.70 bits per heavy atom. The molecule has 0 aliphatic carbocycles. The molecule has 0 spiro atoms. The summed E-state index contributed by atoms with van der Waals surface area (Å²) in [6.45, 7) is 4.93. The van der Waals surface area contributed by atoms with Gasteiger partial charge in [-0.3, -0.25) is 38.4 Å². The number of para-hydroxylation sites is 6. The Bertz CT molecular complexity index is 5500. The number of nitrogens with two attached hydrogens (primary N) is 2. The average Bonchev–Trinajstić information content (AvgIpc) is 1.58. The molecular weight excluding hydrogens is 1390 g/mol. The molecule has 1 aliphatic rings. The number of aromatic nitrogens is 7. The van der Waals surface area contributed by atoms with E-state index in [0.29, 0.717) is 70.5 Å². The molecule has 7 aromatic carbocycles. The normalized spacial score (nSPS) is 12.3. The van der Waals surface area contributed by atoms with Crippen molar-refractivity contribution in [1.82, 2.24) is 66.4 Å². The van der Waals surface area contributed by atoms with Gasteiger partial charge in [-0.1, -0.05) is 147 Å². The lowest BCUT2D eigenvalue weighted by Crippen LogP contribution is -2.53. The van der Waals surface area contributed by atoms with Crippen LogP contribution < -0.4 is 48.3 Å². The molecule has 7 heterocycles. The van der Waals surface area contributed by atoms with Crippen molar-refractivity contribution in [3.63, 3.8) is 0 Å². The maximum Gasteiger partial charge on any atom is 0.243 e. The second-order valence-corrected chi connectivity index (χ2v) is 27.1. The Balaban J connectivity index is 0.000000160. The highest BCUT2D eigenvalue weighted by molar-refractivity contribution is 6.07. The Morgan fingerprint density at radius 1 is 0.518 bits per heavy atom. The third-order valence-electron chi connectivity index (χ3n) is 19.7. The summed E-state index contributed by atoms with van der Waals surface area (Å²) < 4.78 is 2.29. The zero-order valence-electron chi connectivity index (χ0n) is 61.3. The number of anilines is 2. The Morgan fingerprint density at radius 2 is 1.07 bits per heavy atom. The summed E-state index contributed by atoms with van der Waals surface area (Å²) in [6, 6.07) is 52.1.